The zero-order valence-electron chi connectivity index (χ0n) is 25.4. The van der Waals surface area contributed by atoms with Crippen molar-refractivity contribution in [1.82, 2.24) is 25.6 Å². The summed E-state index contributed by atoms with van der Waals surface area (Å²) < 4.78 is 22.5. The fourth-order valence-corrected chi connectivity index (χ4v) is 7.08. The molecule has 0 saturated carbocycles. The Hall–Kier alpha value is -3.80. The van der Waals surface area contributed by atoms with E-state index in [0.717, 1.165) is 47.2 Å². The summed E-state index contributed by atoms with van der Waals surface area (Å²) in [6, 6.07) is 13.9. The third kappa shape index (κ3) is 5.80. The molecule has 2 fully saturated rings. The number of fused-ring (bicyclic) bond motifs is 1. The second kappa shape index (κ2) is 13.1. The minimum atomic E-state index is -0.616. The number of nitrogens with zero attached hydrogens (tertiary/aromatic N) is 3. The maximum absolute atomic E-state index is 11.6. The minimum Gasteiger partial charge on any atom is -0.481 e. The highest BCUT2D eigenvalue weighted by atomic mass is 35.5. The Morgan fingerprint density at radius 1 is 0.891 bits per heavy atom. The van der Waals surface area contributed by atoms with Crippen molar-refractivity contribution in [3.63, 3.8) is 0 Å². The average molecular weight is 663 g/mol. The second-order valence-electron chi connectivity index (χ2n) is 11.4. The molecule has 0 bridgehead atoms. The van der Waals surface area contributed by atoms with Gasteiger partial charge in [-0.2, -0.15) is 0 Å². The summed E-state index contributed by atoms with van der Waals surface area (Å²) in [5, 5.41) is 7.65. The smallest absolute Gasteiger partial charge is 0.241 e. The number of carbonyl (C=O) groups is 1. The van der Waals surface area contributed by atoms with Crippen molar-refractivity contribution < 1.29 is 23.7 Å². The molecule has 7 rings (SSSR count). The number of nitrogens with one attached hydrogen (secondary N) is 2. The molecular formula is C34H33Cl2N5O5. The zero-order valence-corrected chi connectivity index (χ0v) is 27.0. The molecule has 1 amide bonds. The summed E-state index contributed by atoms with van der Waals surface area (Å²) in [5.41, 5.74) is 6.93. The number of carbonyl (C=O) groups excluding carboxylic acids is 1. The zero-order chi connectivity index (χ0) is 31.8. The standard InChI is InChI=1S/C34H33Cl2N5O5/c1-43-32-28-18(9-11-24(28)37-16-19-10-12-27(42)39-19)15-25(40-32)22-7-3-5-20(29(22)35)21-6-4-8-23(30(21)36)26-17-38-31(33(41-26)44-2)34-45-13-14-46-34/h3-8,15,17,19,24,34,37H,9-14,16H2,1-2H3,(H,39,42)/t19-,24-/m0/s1. The van der Waals surface area contributed by atoms with Crippen molar-refractivity contribution in [2.24, 2.45) is 0 Å². The number of aromatic nitrogens is 3. The van der Waals surface area contributed by atoms with Gasteiger partial charge in [0.1, 0.15) is 0 Å². The van der Waals surface area contributed by atoms with Crippen LogP contribution in [0.3, 0.4) is 0 Å². The Kier molecular flexibility index (Phi) is 8.80. The van der Waals surface area contributed by atoms with Gasteiger partial charge < -0.3 is 29.6 Å². The highest BCUT2D eigenvalue weighted by Gasteiger charge is 2.31. The molecule has 2 atom stereocenters. The molecule has 2 aromatic carbocycles. The molecule has 46 heavy (non-hydrogen) atoms. The molecule has 12 heteroatoms. The van der Waals surface area contributed by atoms with Crippen LogP contribution in [0.25, 0.3) is 33.6 Å². The van der Waals surface area contributed by atoms with Crippen LogP contribution < -0.4 is 20.1 Å². The molecule has 0 unspecified atom stereocenters. The van der Waals surface area contributed by atoms with Crippen molar-refractivity contribution in [1.29, 1.82) is 0 Å². The minimum absolute atomic E-state index is 0.0985. The second-order valence-corrected chi connectivity index (χ2v) is 12.2. The van der Waals surface area contributed by atoms with Gasteiger partial charge in [0, 0.05) is 52.9 Å². The lowest BCUT2D eigenvalue weighted by molar-refractivity contribution is -0.119. The monoisotopic (exact) mass is 661 g/mol. The highest BCUT2D eigenvalue weighted by Crippen LogP contribution is 2.44. The number of aryl methyl sites for hydroxylation is 1. The van der Waals surface area contributed by atoms with Gasteiger partial charge in [0.2, 0.25) is 24.0 Å². The molecule has 3 aliphatic rings. The lowest BCUT2D eigenvalue weighted by Crippen LogP contribution is -2.36. The summed E-state index contributed by atoms with van der Waals surface area (Å²) in [5.74, 6) is 0.997. The van der Waals surface area contributed by atoms with Crippen LogP contribution in [0, 0.1) is 0 Å². The van der Waals surface area contributed by atoms with E-state index in [1.165, 1.54) is 12.7 Å². The van der Waals surface area contributed by atoms with Gasteiger partial charge in [-0.1, -0.05) is 59.6 Å². The van der Waals surface area contributed by atoms with Crippen molar-refractivity contribution in [2.45, 2.75) is 44.1 Å². The van der Waals surface area contributed by atoms with Crippen LogP contribution >= 0.6 is 23.2 Å². The maximum atomic E-state index is 11.6. The van der Waals surface area contributed by atoms with Crippen LogP contribution in [0.4, 0.5) is 0 Å². The number of halogens is 2. The van der Waals surface area contributed by atoms with Crippen molar-refractivity contribution in [3.8, 4) is 45.4 Å². The number of hydrogen-bond acceptors (Lipinski definition) is 9. The van der Waals surface area contributed by atoms with Crippen LogP contribution in [-0.4, -0.2) is 60.9 Å². The van der Waals surface area contributed by atoms with E-state index in [1.807, 2.05) is 36.4 Å². The van der Waals surface area contributed by atoms with Gasteiger partial charge >= 0.3 is 0 Å². The van der Waals surface area contributed by atoms with E-state index in [4.69, 9.17) is 47.1 Å². The van der Waals surface area contributed by atoms with Crippen LogP contribution in [0.1, 0.15) is 48.4 Å². The number of rotatable bonds is 9. The van der Waals surface area contributed by atoms with Gasteiger partial charge in [0.25, 0.3) is 0 Å². The van der Waals surface area contributed by atoms with Crippen LogP contribution in [-0.2, 0) is 20.7 Å². The van der Waals surface area contributed by atoms with Crippen LogP contribution in [0.15, 0.2) is 48.7 Å². The number of methoxy groups -OCH3 is 2. The van der Waals surface area contributed by atoms with E-state index in [1.54, 1.807) is 13.3 Å². The number of hydrogen-bond donors (Lipinski definition) is 2. The van der Waals surface area contributed by atoms with E-state index in [-0.39, 0.29) is 18.0 Å². The number of amides is 1. The SMILES string of the molecule is COc1nc(-c2cccc(-c3cccc(-c4cc5c(c(OC)n4)[C@@H](NC[C@@H]4CCC(=O)N4)CC5)c3Cl)c2Cl)cnc1C1OCCO1. The molecule has 2 aromatic heterocycles. The fourth-order valence-electron chi connectivity index (χ4n) is 6.43. The van der Waals surface area contributed by atoms with E-state index in [2.05, 4.69) is 26.7 Å². The summed E-state index contributed by atoms with van der Waals surface area (Å²) in [6.45, 7) is 1.68. The Morgan fingerprint density at radius 3 is 2.20 bits per heavy atom. The van der Waals surface area contributed by atoms with Gasteiger partial charge in [-0.3, -0.25) is 4.79 Å². The van der Waals surface area contributed by atoms with E-state index in [0.29, 0.717) is 64.9 Å². The summed E-state index contributed by atoms with van der Waals surface area (Å²) in [6.07, 6.45) is 4.25. The maximum Gasteiger partial charge on any atom is 0.241 e. The van der Waals surface area contributed by atoms with Crippen molar-refractivity contribution in [3.05, 3.63) is 75.5 Å². The normalized spacial score (nSPS) is 19.3. The van der Waals surface area contributed by atoms with Gasteiger partial charge in [-0.15, -0.1) is 0 Å². The molecule has 2 saturated heterocycles. The quantitative estimate of drug-likeness (QED) is 0.219. The first kappa shape index (κ1) is 30.8. The Morgan fingerprint density at radius 2 is 1.54 bits per heavy atom. The molecule has 0 radical (unpaired) electrons. The van der Waals surface area contributed by atoms with Crippen LogP contribution in [0.5, 0.6) is 11.8 Å². The first-order chi connectivity index (χ1) is 22.4. The van der Waals surface area contributed by atoms with E-state index >= 15 is 0 Å². The molecule has 2 aliphatic heterocycles. The van der Waals surface area contributed by atoms with Crippen LogP contribution in [0.2, 0.25) is 10.0 Å². The molecule has 10 nitrogen and oxygen atoms in total. The molecular weight excluding hydrogens is 629 g/mol. The summed E-state index contributed by atoms with van der Waals surface area (Å²) in [7, 11) is 3.17. The molecule has 1 aliphatic carbocycles. The van der Waals surface area contributed by atoms with Gasteiger partial charge in [-0.05, 0) is 30.9 Å². The van der Waals surface area contributed by atoms with Crippen molar-refractivity contribution in [2.75, 3.05) is 34.0 Å². The topological polar surface area (TPSA) is 117 Å². The largest absolute Gasteiger partial charge is 0.481 e. The summed E-state index contributed by atoms with van der Waals surface area (Å²) in [4.78, 5) is 25.8. The first-order valence-corrected chi connectivity index (χ1v) is 16.0. The number of pyridine rings is 1. The Bertz CT molecular complexity index is 1800. The molecule has 4 heterocycles. The van der Waals surface area contributed by atoms with Gasteiger partial charge in [0.15, 0.2) is 5.69 Å². The van der Waals surface area contributed by atoms with E-state index in [9.17, 15) is 4.79 Å². The number of benzene rings is 2. The third-order valence-electron chi connectivity index (χ3n) is 8.69. The Balaban J connectivity index is 1.19. The fraction of sp³-hybridized carbons (Fsp3) is 0.353. The predicted octanol–water partition coefficient (Wildman–Crippen LogP) is 6.10. The van der Waals surface area contributed by atoms with Gasteiger partial charge in [0.05, 0.1) is 55.1 Å². The molecule has 0 spiro atoms. The molecule has 4 aromatic rings. The molecule has 2 N–H and O–H groups in total. The lowest BCUT2D eigenvalue weighted by atomic mass is 9.97. The average Bonchev–Trinajstić information content (AvgIpc) is 3.85. The molecule has 238 valence electrons. The lowest BCUT2D eigenvalue weighted by Gasteiger charge is -2.20. The van der Waals surface area contributed by atoms with Crippen molar-refractivity contribution >= 4 is 29.1 Å². The highest BCUT2D eigenvalue weighted by molar-refractivity contribution is 6.39. The predicted molar refractivity (Wildman–Crippen MR) is 174 cm³/mol. The van der Waals surface area contributed by atoms with E-state index < -0.39 is 6.29 Å². The summed E-state index contributed by atoms with van der Waals surface area (Å²) >= 11 is 14.2. The Labute approximate surface area is 276 Å². The number of ether oxygens (including phenoxy) is 4. The van der Waals surface area contributed by atoms with Gasteiger partial charge in [-0.25, -0.2) is 15.0 Å². The first-order valence-electron chi connectivity index (χ1n) is 15.3. The third-order valence-corrected chi connectivity index (χ3v) is 9.51.